The van der Waals surface area contributed by atoms with Gasteiger partial charge in [-0.25, -0.2) is 0 Å². The summed E-state index contributed by atoms with van der Waals surface area (Å²) in [6.45, 7) is 11.8. The molecule has 1 aliphatic heterocycles. The van der Waals surface area contributed by atoms with Gasteiger partial charge in [-0.1, -0.05) is 91.2 Å². The predicted molar refractivity (Wildman–Crippen MR) is 180 cm³/mol. The Morgan fingerprint density at radius 2 is 1.40 bits per heavy atom. The Balaban J connectivity index is 2.32. The summed E-state index contributed by atoms with van der Waals surface area (Å²) in [5, 5.41) is 12.0. The van der Waals surface area contributed by atoms with Crippen LogP contribution in [0, 0.1) is 11.3 Å². The second-order valence-corrected chi connectivity index (χ2v) is 13.8. The van der Waals surface area contributed by atoms with Gasteiger partial charge in [0.1, 0.15) is 6.04 Å². The number of nitrogens with zero attached hydrogens (tertiary/aromatic N) is 1. The van der Waals surface area contributed by atoms with Gasteiger partial charge in [0.25, 0.3) is 0 Å². The second-order valence-electron chi connectivity index (χ2n) is 13.8. The van der Waals surface area contributed by atoms with E-state index in [9.17, 15) is 14.4 Å². The summed E-state index contributed by atoms with van der Waals surface area (Å²) in [6, 6.07) is -0.777. The maximum atomic E-state index is 13.1. The van der Waals surface area contributed by atoms with E-state index in [-0.39, 0.29) is 29.7 Å². The van der Waals surface area contributed by atoms with Gasteiger partial charge in [0.05, 0.1) is 6.67 Å². The van der Waals surface area contributed by atoms with Gasteiger partial charge in [-0.05, 0) is 69.9 Å². The summed E-state index contributed by atoms with van der Waals surface area (Å²) in [5.74, 6) is 0.198. The molecule has 0 aliphatic carbocycles. The van der Waals surface area contributed by atoms with E-state index in [1.54, 1.807) is 0 Å². The number of hydrogen-bond donors (Lipinski definition) is 4. The molecule has 1 aliphatic rings. The third-order valence-electron chi connectivity index (χ3n) is 8.19. The van der Waals surface area contributed by atoms with Gasteiger partial charge in [-0.15, -0.1) is 0 Å². The molecular formula is C35H67N5O3. The maximum absolute atomic E-state index is 13.1. The van der Waals surface area contributed by atoms with Crippen LogP contribution in [0.25, 0.3) is 0 Å². The smallest absolute Gasteiger partial charge is 0.245 e. The Labute approximate surface area is 264 Å². The molecule has 0 radical (unpaired) electrons. The number of nitrogens with one attached hydrogen (secondary N) is 4. The molecule has 8 heteroatoms. The molecule has 0 saturated carbocycles. The van der Waals surface area contributed by atoms with Crippen molar-refractivity contribution in [2.75, 3.05) is 39.9 Å². The Hall–Kier alpha value is -1.93. The van der Waals surface area contributed by atoms with Crippen molar-refractivity contribution in [3.8, 4) is 0 Å². The van der Waals surface area contributed by atoms with Crippen molar-refractivity contribution in [1.82, 2.24) is 26.2 Å². The van der Waals surface area contributed by atoms with Crippen LogP contribution in [0.15, 0.2) is 12.2 Å². The first-order valence-corrected chi connectivity index (χ1v) is 17.5. The lowest BCUT2D eigenvalue weighted by molar-refractivity contribution is -0.130. The van der Waals surface area contributed by atoms with Crippen molar-refractivity contribution in [1.29, 1.82) is 0 Å². The predicted octanol–water partition coefficient (Wildman–Crippen LogP) is 6.07. The lowest BCUT2D eigenvalue weighted by Crippen LogP contribution is -2.54. The number of carbonyl (C=O) groups excluding carboxylic acids is 3. The van der Waals surface area contributed by atoms with E-state index in [2.05, 4.69) is 45.2 Å². The van der Waals surface area contributed by atoms with Gasteiger partial charge >= 0.3 is 0 Å². The molecular weight excluding hydrogens is 538 g/mol. The van der Waals surface area contributed by atoms with Crippen molar-refractivity contribution in [2.24, 2.45) is 11.3 Å². The van der Waals surface area contributed by atoms with Gasteiger partial charge in [-0.2, -0.15) is 0 Å². The number of likely N-dealkylation sites (tertiary alicyclic amines) is 1. The normalized spacial score (nSPS) is 15.5. The molecule has 1 rings (SSSR count). The molecule has 250 valence electrons. The minimum absolute atomic E-state index is 0.100. The SMILES string of the molecule is CCCCCCCC/C=C\CCCCCCCC(=O)N[C@@H](CNC(=O)CC(C)(C)C)C(=O)NCN1CCC(CNC)CC1. The first-order valence-electron chi connectivity index (χ1n) is 17.5. The molecule has 0 aromatic rings. The fraction of sp³-hybridized carbons (Fsp3) is 0.857. The molecule has 1 heterocycles. The molecule has 43 heavy (non-hydrogen) atoms. The van der Waals surface area contributed by atoms with Crippen molar-refractivity contribution < 1.29 is 14.4 Å². The average molecular weight is 606 g/mol. The van der Waals surface area contributed by atoms with Gasteiger partial charge in [0.2, 0.25) is 17.7 Å². The number of piperidine rings is 1. The number of hydrogen-bond acceptors (Lipinski definition) is 5. The molecule has 8 nitrogen and oxygen atoms in total. The van der Waals surface area contributed by atoms with E-state index in [1.165, 1.54) is 57.8 Å². The monoisotopic (exact) mass is 606 g/mol. The Morgan fingerprint density at radius 1 is 0.814 bits per heavy atom. The summed E-state index contributed by atoms with van der Waals surface area (Å²) < 4.78 is 0. The third-order valence-corrected chi connectivity index (χ3v) is 8.19. The molecule has 0 aromatic heterocycles. The minimum Gasteiger partial charge on any atom is -0.353 e. The molecule has 3 amide bonds. The van der Waals surface area contributed by atoms with Crippen LogP contribution >= 0.6 is 0 Å². The Kier molecular flexibility index (Phi) is 22.2. The number of rotatable bonds is 24. The van der Waals surface area contributed by atoms with Crippen LogP contribution in [0.3, 0.4) is 0 Å². The van der Waals surface area contributed by atoms with E-state index in [4.69, 9.17) is 0 Å². The van der Waals surface area contributed by atoms with Crippen LogP contribution in [0.5, 0.6) is 0 Å². The fourth-order valence-electron chi connectivity index (χ4n) is 5.54. The number of carbonyl (C=O) groups is 3. The molecule has 0 bridgehead atoms. The minimum atomic E-state index is -0.777. The third kappa shape index (κ3) is 22.3. The standard InChI is InChI=1S/C35H67N5O3/c1-6-7-8-9-10-11-12-13-14-15-16-17-18-19-20-21-32(41)39-31(28-37-33(42)26-35(2,3)4)34(43)38-29-40-24-22-30(23-25-40)27-36-5/h13-14,30-31,36H,6-12,15-29H2,1-5H3,(H,37,42)(H,38,43)(H,39,41)/b14-13-/t31-/m0/s1. The van der Waals surface area contributed by atoms with Gasteiger partial charge in [0.15, 0.2) is 0 Å². The lowest BCUT2D eigenvalue weighted by atomic mass is 9.92. The first-order chi connectivity index (χ1) is 20.6. The molecule has 1 saturated heterocycles. The topological polar surface area (TPSA) is 103 Å². The number of amides is 3. The average Bonchev–Trinajstić information content (AvgIpc) is 2.96. The number of unbranched alkanes of at least 4 members (excludes halogenated alkanes) is 11. The zero-order valence-electron chi connectivity index (χ0n) is 28.5. The van der Waals surface area contributed by atoms with Crippen molar-refractivity contribution in [3.63, 3.8) is 0 Å². The van der Waals surface area contributed by atoms with Gasteiger partial charge < -0.3 is 21.3 Å². The van der Waals surface area contributed by atoms with Crippen LogP contribution < -0.4 is 21.3 Å². The zero-order valence-corrected chi connectivity index (χ0v) is 28.5. The van der Waals surface area contributed by atoms with Gasteiger partial charge in [-0.3, -0.25) is 19.3 Å². The van der Waals surface area contributed by atoms with Crippen LogP contribution in [0.2, 0.25) is 0 Å². The molecule has 1 atom stereocenters. The summed E-state index contributed by atoms with van der Waals surface area (Å²) in [4.78, 5) is 40.5. The van der Waals surface area contributed by atoms with E-state index >= 15 is 0 Å². The van der Waals surface area contributed by atoms with Crippen molar-refractivity contribution in [3.05, 3.63) is 12.2 Å². The largest absolute Gasteiger partial charge is 0.353 e. The molecule has 0 unspecified atom stereocenters. The van der Waals surface area contributed by atoms with Crippen LogP contribution in [-0.4, -0.2) is 68.6 Å². The molecule has 4 N–H and O–H groups in total. The fourth-order valence-corrected chi connectivity index (χ4v) is 5.54. The second kappa shape index (κ2) is 24.4. The highest BCUT2D eigenvalue weighted by atomic mass is 16.2. The lowest BCUT2D eigenvalue weighted by Gasteiger charge is -2.32. The molecule has 0 spiro atoms. The highest BCUT2D eigenvalue weighted by Gasteiger charge is 2.24. The summed E-state index contributed by atoms with van der Waals surface area (Å²) in [7, 11) is 1.99. The van der Waals surface area contributed by atoms with Crippen LogP contribution in [0.4, 0.5) is 0 Å². The Morgan fingerprint density at radius 3 is 1.98 bits per heavy atom. The highest BCUT2D eigenvalue weighted by Crippen LogP contribution is 2.18. The maximum Gasteiger partial charge on any atom is 0.245 e. The van der Waals surface area contributed by atoms with E-state index in [0.29, 0.717) is 25.4 Å². The highest BCUT2D eigenvalue weighted by molar-refractivity contribution is 5.88. The van der Waals surface area contributed by atoms with E-state index < -0.39 is 6.04 Å². The van der Waals surface area contributed by atoms with E-state index in [0.717, 1.165) is 58.2 Å². The molecule has 1 fully saturated rings. The summed E-state index contributed by atoms with van der Waals surface area (Å²) in [5.41, 5.74) is -0.145. The van der Waals surface area contributed by atoms with Crippen molar-refractivity contribution in [2.45, 2.75) is 143 Å². The quantitative estimate of drug-likeness (QED) is 0.0791. The van der Waals surface area contributed by atoms with Crippen LogP contribution in [-0.2, 0) is 14.4 Å². The number of allylic oxidation sites excluding steroid dienone is 2. The zero-order chi connectivity index (χ0) is 31.8. The summed E-state index contributed by atoms with van der Waals surface area (Å²) >= 11 is 0. The van der Waals surface area contributed by atoms with Crippen LogP contribution in [0.1, 0.15) is 137 Å². The van der Waals surface area contributed by atoms with E-state index in [1.807, 2.05) is 27.8 Å². The molecule has 0 aromatic carbocycles. The first kappa shape index (κ1) is 39.1. The van der Waals surface area contributed by atoms with Crippen molar-refractivity contribution >= 4 is 17.7 Å². The summed E-state index contributed by atoms with van der Waals surface area (Å²) in [6.07, 6.45) is 23.4. The Bertz CT molecular complexity index is 772. The van der Waals surface area contributed by atoms with Gasteiger partial charge in [0, 0.05) is 32.5 Å².